The van der Waals surface area contributed by atoms with E-state index in [4.69, 9.17) is 4.74 Å². The number of carbonyl (C=O) groups is 1. The topological polar surface area (TPSA) is 50.4 Å². The third-order valence-corrected chi connectivity index (χ3v) is 3.88. The minimum Gasteiger partial charge on any atom is -0.375 e. The van der Waals surface area contributed by atoms with Crippen LogP contribution in [0.3, 0.4) is 0 Å². The van der Waals surface area contributed by atoms with Crippen LogP contribution in [0.5, 0.6) is 0 Å². The fourth-order valence-electron chi connectivity index (χ4n) is 2.80. The Kier molecular flexibility index (Phi) is 6.65. The predicted molar refractivity (Wildman–Crippen MR) is 87.0 cm³/mol. The highest BCUT2D eigenvalue weighted by Gasteiger charge is 2.28. The first-order valence-corrected chi connectivity index (χ1v) is 7.18. The van der Waals surface area contributed by atoms with Crippen LogP contribution in [0.4, 0.5) is 0 Å². The highest BCUT2D eigenvalue weighted by Crippen LogP contribution is 2.16. The van der Waals surface area contributed by atoms with Crippen molar-refractivity contribution in [1.29, 1.82) is 0 Å². The van der Waals surface area contributed by atoms with Crippen LogP contribution in [-0.2, 0) is 16.1 Å². The molecule has 1 aromatic rings. The predicted octanol–water partition coefficient (Wildman–Crippen LogP) is 2.03. The Morgan fingerprint density at radius 3 is 2.52 bits per heavy atom. The van der Waals surface area contributed by atoms with Crippen molar-refractivity contribution in [2.24, 2.45) is 0 Å². The van der Waals surface area contributed by atoms with Crippen molar-refractivity contribution in [2.45, 2.75) is 46.4 Å². The number of aryl methyl sites for hydroxylation is 3. The molecule has 0 aliphatic carbocycles. The van der Waals surface area contributed by atoms with Gasteiger partial charge in [0.25, 0.3) is 0 Å². The number of nitrogens with one attached hydrogen (secondary N) is 2. The summed E-state index contributed by atoms with van der Waals surface area (Å²) in [4.78, 5) is 12.2. The normalized spacial score (nSPS) is 21.5. The SMILES string of the molecule is Cc1cc(C)c(CNC(=O)[C@H]2NCCO[C@@H]2C)c(C)c1.Cl. The van der Waals surface area contributed by atoms with Crippen molar-refractivity contribution in [3.8, 4) is 0 Å². The number of amides is 1. The van der Waals surface area contributed by atoms with Gasteiger partial charge < -0.3 is 15.4 Å². The van der Waals surface area contributed by atoms with Gasteiger partial charge in [0.1, 0.15) is 6.04 Å². The Balaban J connectivity index is 0.00000220. The molecule has 0 unspecified atom stereocenters. The van der Waals surface area contributed by atoms with Gasteiger partial charge in [0.15, 0.2) is 0 Å². The Labute approximate surface area is 133 Å². The van der Waals surface area contributed by atoms with E-state index < -0.39 is 0 Å². The monoisotopic (exact) mass is 312 g/mol. The molecule has 1 aromatic carbocycles. The van der Waals surface area contributed by atoms with Crippen LogP contribution in [0.25, 0.3) is 0 Å². The second-order valence-corrected chi connectivity index (χ2v) is 5.60. The van der Waals surface area contributed by atoms with Crippen molar-refractivity contribution in [1.82, 2.24) is 10.6 Å². The summed E-state index contributed by atoms with van der Waals surface area (Å²) in [6.45, 7) is 10.2. The third kappa shape index (κ3) is 4.43. The van der Waals surface area contributed by atoms with Gasteiger partial charge in [-0.05, 0) is 44.4 Å². The van der Waals surface area contributed by atoms with E-state index in [0.717, 1.165) is 6.54 Å². The number of halogens is 1. The first-order chi connectivity index (χ1) is 9.49. The van der Waals surface area contributed by atoms with Gasteiger partial charge in [-0.2, -0.15) is 0 Å². The van der Waals surface area contributed by atoms with Gasteiger partial charge in [-0.3, -0.25) is 4.79 Å². The van der Waals surface area contributed by atoms with Gasteiger partial charge in [0.2, 0.25) is 5.91 Å². The number of benzene rings is 1. The van der Waals surface area contributed by atoms with Crippen molar-refractivity contribution in [3.05, 3.63) is 34.4 Å². The molecular formula is C16H25ClN2O2. The smallest absolute Gasteiger partial charge is 0.240 e. The lowest BCUT2D eigenvalue weighted by Gasteiger charge is -2.29. The summed E-state index contributed by atoms with van der Waals surface area (Å²) >= 11 is 0. The average molecular weight is 313 g/mol. The Morgan fingerprint density at radius 2 is 1.95 bits per heavy atom. The second kappa shape index (κ2) is 7.78. The largest absolute Gasteiger partial charge is 0.375 e. The molecule has 2 atom stereocenters. The number of carbonyl (C=O) groups excluding carboxylic acids is 1. The number of hydrogen-bond acceptors (Lipinski definition) is 3. The maximum Gasteiger partial charge on any atom is 0.240 e. The highest BCUT2D eigenvalue weighted by atomic mass is 35.5. The Hall–Kier alpha value is -1.10. The number of ether oxygens (including phenoxy) is 1. The molecule has 2 N–H and O–H groups in total. The van der Waals surface area contributed by atoms with Gasteiger partial charge in [-0.25, -0.2) is 0 Å². The number of morpholine rings is 1. The zero-order valence-electron chi connectivity index (χ0n) is 13.2. The molecule has 0 aromatic heterocycles. The van der Waals surface area contributed by atoms with Crippen LogP contribution in [0, 0.1) is 20.8 Å². The molecule has 5 heteroatoms. The molecule has 0 radical (unpaired) electrons. The van der Waals surface area contributed by atoms with E-state index in [9.17, 15) is 4.79 Å². The fourth-order valence-corrected chi connectivity index (χ4v) is 2.80. The summed E-state index contributed by atoms with van der Waals surface area (Å²) in [6, 6.07) is 4.05. The lowest BCUT2D eigenvalue weighted by atomic mass is 9.99. The Bertz CT molecular complexity index is 482. The lowest BCUT2D eigenvalue weighted by molar-refractivity contribution is -0.129. The van der Waals surface area contributed by atoms with Crippen molar-refractivity contribution in [3.63, 3.8) is 0 Å². The van der Waals surface area contributed by atoms with E-state index in [1.807, 2.05) is 6.92 Å². The molecule has 1 aliphatic rings. The van der Waals surface area contributed by atoms with E-state index in [1.54, 1.807) is 0 Å². The summed E-state index contributed by atoms with van der Waals surface area (Å²) in [5.41, 5.74) is 4.91. The average Bonchev–Trinajstić information content (AvgIpc) is 2.37. The van der Waals surface area contributed by atoms with E-state index in [2.05, 4.69) is 43.5 Å². The number of hydrogen-bond donors (Lipinski definition) is 2. The summed E-state index contributed by atoms with van der Waals surface area (Å²) in [5.74, 6) is 0.0107. The maximum atomic E-state index is 12.2. The number of rotatable bonds is 3. The summed E-state index contributed by atoms with van der Waals surface area (Å²) in [6.07, 6.45) is -0.0797. The molecule has 0 spiro atoms. The van der Waals surface area contributed by atoms with Gasteiger partial charge in [-0.1, -0.05) is 17.7 Å². The molecule has 118 valence electrons. The summed E-state index contributed by atoms with van der Waals surface area (Å²) in [5, 5.41) is 6.22. The standard InChI is InChI=1S/C16H24N2O2.ClH/c1-10-7-11(2)14(12(3)8-10)9-18-16(19)15-13(4)20-6-5-17-15;/h7-8,13,15,17H,5-6,9H2,1-4H3,(H,18,19);1H/t13-,15+;/m1./s1. The lowest BCUT2D eigenvalue weighted by Crippen LogP contribution is -2.55. The first kappa shape index (κ1) is 18.0. The summed E-state index contributed by atoms with van der Waals surface area (Å²) < 4.78 is 5.50. The third-order valence-electron chi connectivity index (χ3n) is 3.88. The molecule has 1 aliphatic heterocycles. The Morgan fingerprint density at radius 1 is 1.33 bits per heavy atom. The first-order valence-electron chi connectivity index (χ1n) is 7.18. The minimum absolute atomic E-state index is 0. The second-order valence-electron chi connectivity index (χ2n) is 5.60. The molecular weight excluding hydrogens is 288 g/mol. The van der Waals surface area contributed by atoms with Gasteiger partial charge >= 0.3 is 0 Å². The van der Waals surface area contributed by atoms with E-state index in [-0.39, 0.29) is 30.5 Å². The van der Waals surface area contributed by atoms with Crippen molar-refractivity contribution < 1.29 is 9.53 Å². The molecule has 1 fully saturated rings. The van der Waals surface area contributed by atoms with Crippen LogP contribution in [0.1, 0.15) is 29.2 Å². The quantitative estimate of drug-likeness (QED) is 0.898. The molecule has 0 bridgehead atoms. The zero-order valence-corrected chi connectivity index (χ0v) is 14.0. The zero-order chi connectivity index (χ0) is 14.7. The van der Waals surface area contributed by atoms with Crippen LogP contribution in [-0.4, -0.2) is 31.2 Å². The molecule has 1 heterocycles. The minimum atomic E-state index is -0.255. The van der Waals surface area contributed by atoms with Gasteiger partial charge in [-0.15, -0.1) is 12.4 Å². The van der Waals surface area contributed by atoms with E-state index in [0.29, 0.717) is 13.2 Å². The van der Waals surface area contributed by atoms with Gasteiger partial charge in [0.05, 0.1) is 12.7 Å². The molecule has 1 saturated heterocycles. The van der Waals surface area contributed by atoms with E-state index >= 15 is 0 Å². The molecule has 4 nitrogen and oxygen atoms in total. The highest BCUT2D eigenvalue weighted by molar-refractivity contribution is 5.85. The van der Waals surface area contributed by atoms with Crippen LogP contribution in [0.15, 0.2) is 12.1 Å². The maximum absolute atomic E-state index is 12.2. The van der Waals surface area contributed by atoms with E-state index in [1.165, 1.54) is 22.3 Å². The molecule has 1 amide bonds. The molecule has 2 rings (SSSR count). The fraction of sp³-hybridized carbons (Fsp3) is 0.562. The summed E-state index contributed by atoms with van der Waals surface area (Å²) in [7, 11) is 0. The van der Waals surface area contributed by atoms with Crippen LogP contribution < -0.4 is 10.6 Å². The molecule has 0 saturated carbocycles. The molecule has 21 heavy (non-hydrogen) atoms. The van der Waals surface area contributed by atoms with Crippen molar-refractivity contribution >= 4 is 18.3 Å². The van der Waals surface area contributed by atoms with Gasteiger partial charge in [0, 0.05) is 13.1 Å². The van der Waals surface area contributed by atoms with Crippen LogP contribution >= 0.6 is 12.4 Å². The van der Waals surface area contributed by atoms with Crippen molar-refractivity contribution in [2.75, 3.05) is 13.2 Å². The van der Waals surface area contributed by atoms with Crippen LogP contribution in [0.2, 0.25) is 0 Å².